The lowest BCUT2D eigenvalue weighted by atomic mass is 9.94. The summed E-state index contributed by atoms with van der Waals surface area (Å²) < 4.78 is 40.7. The molecular weight excluding hydrogens is 367 g/mol. The molecule has 27 heavy (non-hydrogen) atoms. The molecule has 1 aliphatic heterocycles. The predicted octanol–water partition coefficient (Wildman–Crippen LogP) is 3.26. The maximum atomic E-state index is 13.9. The summed E-state index contributed by atoms with van der Waals surface area (Å²) in [6.45, 7) is 6.84. The summed E-state index contributed by atoms with van der Waals surface area (Å²) in [6, 6.07) is 5.97. The summed E-state index contributed by atoms with van der Waals surface area (Å²) >= 11 is 0. The number of hydrogen-bond donors (Lipinski definition) is 0. The van der Waals surface area contributed by atoms with Gasteiger partial charge in [-0.05, 0) is 50.7 Å². The van der Waals surface area contributed by atoms with Crippen LogP contribution in [0.25, 0.3) is 0 Å². The van der Waals surface area contributed by atoms with E-state index in [0.29, 0.717) is 24.8 Å². The minimum Gasteiger partial charge on any atom is -0.337 e. The summed E-state index contributed by atoms with van der Waals surface area (Å²) in [6.07, 6.45) is 3.09. The van der Waals surface area contributed by atoms with Crippen LogP contribution < -0.4 is 0 Å². The van der Waals surface area contributed by atoms with E-state index in [1.165, 1.54) is 22.5 Å². The fourth-order valence-corrected chi connectivity index (χ4v) is 5.27. The maximum Gasteiger partial charge on any atom is 0.245 e. The molecule has 1 aliphatic carbocycles. The quantitative estimate of drug-likeness (QED) is 0.742. The van der Waals surface area contributed by atoms with Gasteiger partial charge in [-0.2, -0.15) is 4.31 Å². The van der Waals surface area contributed by atoms with E-state index in [9.17, 15) is 17.6 Å². The van der Waals surface area contributed by atoms with E-state index in [1.807, 2.05) is 4.90 Å². The molecule has 0 radical (unpaired) electrons. The van der Waals surface area contributed by atoms with Gasteiger partial charge in [-0.1, -0.05) is 26.0 Å². The Kier molecular flexibility index (Phi) is 5.91. The van der Waals surface area contributed by atoms with Gasteiger partial charge >= 0.3 is 0 Å². The van der Waals surface area contributed by atoms with Gasteiger partial charge < -0.3 is 4.90 Å². The molecule has 2 fully saturated rings. The van der Waals surface area contributed by atoms with E-state index in [0.717, 1.165) is 18.9 Å². The molecule has 1 amide bonds. The van der Waals surface area contributed by atoms with Crippen molar-refractivity contribution in [2.75, 3.05) is 13.1 Å². The highest BCUT2D eigenvalue weighted by atomic mass is 32.2. The molecule has 0 bridgehead atoms. The molecule has 150 valence electrons. The first-order valence-corrected chi connectivity index (χ1v) is 11.2. The Morgan fingerprint density at radius 1 is 1.11 bits per heavy atom. The van der Waals surface area contributed by atoms with Crippen molar-refractivity contribution in [2.24, 2.45) is 11.8 Å². The Hall–Kier alpha value is -1.47. The molecule has 3 rings (SSSR count). The van der Waals surface area contributed by atoms with Gasteiger partial charge in [-0.25, -0.2) is 12.8 Å². The van der Waals surface area contributed by atoms with Crippen LogP contribution in [-0.4, -0.2) is 48.7 Å². The number of benzene rings is 1. The van der Waals surface area contributed by atoms with E-state index in [4.69, 9.17) is 0 Å². The highest BCUT2D eigenvalue weighted by Crippen LogP contribution is 2.34. The van der Waals surface area contributed by atoms with Crippen LogP contribution in [-0.2, 0) is 14.8 Å². The normalized spacial score (nSPS) is 20.6. The van der Waals surface area contributed by atoms with Crippen molar-refractivity contribution in [2.45, 2.75) is 63.4 Å². The molecule has 7 heteroatoms. The van der Waals surface area contributed by atoms with E-state index < -0.39 is 15.8 Å². The molecule has 0 aromatic heterocycles. The molecule has 1 heterocycles. The number of amides is 1. The Morgan fingerprint density at radius 2 is 1.70 bits per heavy atom. The highest BCUT2D eigenvalue weighted by molar-refractivity contribution is 7.89. The van der Waals surface area contributed by atoms with E-state index in [2.05, 4.69) is 20.8 Å². The second kappa shape index (κ2) is 7.87. The van der Waals surface area contributed by atoms with Crippen LogP contribution >= 0.6 is 0 Å². The van der Waals surface area contributed by atoms with Gasteiger partial charge in [-0.3, -0.25) is 4.79 Å². The summed E-state index contributed by atoms with van der Waals surface area (Å²) in [5.74, 6) is -0.349. The third kappa shape index (κ3) is 4.19. The van der Waals surface area contributed by atoms with Crippen LogP contribution in [0.4, 0.5) is 4.39 Å². The summed E-state index contributed by atoms with van der Waals surface area (Å²) in [7, 11) is -3.86. The van der Waals surface area contributed by atoms with E-state index in [1.54, 1.807) is 0 Å². The molecule has 2 aliphatic rings. The summed E-state index contributed by atoms with van der Waals surface area (Å²) in [5, 5.41) is 0. The number of rotatable bonds is 6. The number of sulfonamides is 1. The Balaban J connectivity index is 1.68. The van der Waals surface area contributed by atoms with Gasteiger partial charge in [-0.15, -0.1) is 0 Å². The lowest BCUT2D eigenvalue weighted by Gasteiger charge is -2.37. The van der Waals surface area contributed by atoms with Gasteiger partial charge in [0.1, 0.15) is 10.7 Å². The van der Waals surface area contributed by atoms with Crippen molar-refractivity contribution < 1.29 is 17.6 Å². The number of nitrogens with zero attached hydrogens (tertiary/aromatic N) is 2. The average molecular weight is 397 g/mol. The largest absolute Gasteiger partial charge is 0.337 e. The molecule has 1 saturated carbocycles. The molecule has 1 aromatic rings. The van der Waals surface area contributed by atoms with Gasteiger partial charge in [0.25, 0.3) is 0 Å². The zero-order valence-corrected chi connectivity index (χ0v) is 17.1. The second-order valence-corrected chi connectivity index (χ2v) is 9.98. The standard InChI is InChI=1S/C20H29FN2O3S/c1-14(2)15(3)23(17-8-9-17)20(24)16-10-12-22(13-11-16)27(25,26)19-7-5-4-6-18(19)21/h4-7,14-17H,8-13H2,1-3H3. The number of halogens is 1. The monoisotopic (exact) mass is 396 g/mol. The summed E-state index contributed by atoms with van der Waals surface area (Å²) in [5.41, 5.74) is 0. The summed E-state index contributed by atoms with van der Waals surface area (Å²) in [4.78, 5) is 14.9. The fraction of sp³-hybridized carbons (Fsp3) is 0.650. The number of carbonyl (C=O) groups excluding carboxylic acids is 1. The van der Waals surface area contributed by atoms with Gasteiger partial charge in [0.2, 0.25) is 15.9 Å². The van der Waals surface area contributed by atoms with Crippen LogP contribution in [0.2, 0.25) is 0 Å². The molecule has 1 aromatic carbocycles. The minimum atomic E-state index is -3.86. The van der Waals surface area contributed by atoms with Gasteiger partial charge in [0.15, 0.2) is 0 Å². The van der Waals surface area contributed by atoms with Crippen LogP contribution in [0.1, 0.15) is 46.5 Å². The lowest BCUT2D eigenvalue weighted by molar-refractivity contribution is -0.140. The second-order valence-electron chi connectivity index (χ2n) is 8.07. The molecule has 5 nitrogen and oxygen atoms in total. The van der Waals surface area contributed by atoms with Crippen molar-refractivity contribution in [3.63, 3.8) is 0 Å². The van der Waals surface area contributed by atoms with Crippen LogP contribution in [0.3, 0.4) is 0 Å². The van der Waals surface area contributed by atoms with E-state index >= 15 is 0 Å². The maximum absolute atomic E-state index is 13.9. The molecule has 1 unspecified atom stereocenters. The Bertz CT molecular complexity index is 784. The van der Waals surface area contributed by atoms with Crippen molar-refractivity contribution >= 4 is 15.9 Å². The first kappa shape index (κ1) is 20.3. The Labute approximate surface area is 161 Å². The number of carbonyl (C=O) groups is 1. The zero-order valence-electron chi connectivity index (χ0n) is 16.3. The van der Waals surface area contributed by atoms with Crippen molar-refractivity contribution in [3.05, 3.63) is 30.1 Å². The molecule has 0 spiro atoms. The zero-order chi connectivity index (χ0) is 19.8. The van der Waals surface area contributed by atoms with Crippen molar-refractivity contribution in [1.82, 2.24) is 9.21 Å². The smallest absolute Gasteiger partial charge is 0.245 e. The number of hydrogen-bond acceptors (Lipinski definition) is 3. The lowest BCUT2D eigenvalue weighted by Crippen LogP contribution is -2.49. The Morgan fingerprint density at radius 3 is 2.22 bits per heavy atom. The third-order valence-electron chi connectivity index (χ3n) is 5.86. The fourth-order valence-electron chi connectivity index (χ4n) is 3.73. The molecule has 0 N–H and O–H groups in total. The molecular formula is C20H29FN2O3S. The topological polar surface area (TPSA) is 57.7 Å². The van der Waals surface area contributed by atoms with Crippen molar-refractivity contribution in [3.8, 4) is 0 Å². The predicted molar refractivity (Wildman–Crippen MR) is 102 cm³/mol. The van der Waals surface area contributed by atoms with E-state index in [-0.39, 0.29) is 35.9 Å². The van der Waals surface area contributed by atoms with Gasteiger partial charge in [0.05, 0.1) is 0 Å². The highest BCUT2D eigenvalue weighted by Gasteiger charge is 2.41. The average Bonchev–Trinajstić information content (AvgIpc) is 3.47. The first-order valence-electron chi connectivity index (χ1n) is 9.80. The molecule has 1 atom stereocenters. The minimum absolute atomic E-state index is 0.154. The van der Waals surface area contributed by atoms with Gasteiger partial charge in [0, 0.05) is 31.1 Å². The third-order valence-corrected chi connectivity index (χ3v) is 7.79. The van der Waals surface area contributed by atoms with Crippen molar-refractivity contribution in [1.29, 1.82) is 0 Å². The van der Waals surface area contributed by atoms with Crippen LogP contribution in [0.15, 0.2) is 29.2 Å². The molecule has 1 saturated heterocycles. The SMILES string of the molecule is CC(C)C(C)N(C(=O)C1CCN(S(=O)(=O)c2ccccc2F)CC1)C1CC1. The van der Waals surface area contributed by atoms with Crippen LogP contribution in [0, 0.1) is 17.7 Å². The number of piperidine rings is 1. The first-order chi connectivity index (χ1) is 12.7. The van der Waals surface area contributed by atoms with Crippen LogP contribution in [0.5, 0.6) is 0 Å².